The second-order valence-electron chi connectivity index (χ2n) is 5.06. The molecule has 3 rings (SSSR count). The van der Waals surface area contributed by atoms with Crippen molar-refractivity contribution in [1.82, 2.24) is 14.8 Å². The van der Waals surface area contributed by atoms with Crippen LogP contribution in [-0.2, 0) is 17.7 Å². The van der Waals surface area contributed by atoms with E-state index in [0.717, 1.165) is 12.8 Å². The molecule has 1 aromatic heterocycles. The molecule has 0 atom stereocenters. The highest BCUT2D eigenvalue weighted by atomic mass is 16.5. The van der Waals surface area contributed by atoms with Gasteiger partial charge in [0.1, 0.15) is 6.33 Å². The van der Waals surface area contributed by atoms with Crippen molar-refractivity contribution in [2.45, 2.75) is 19.4 Å². The molecule has 0 amide bonds. The summed E-state index contributed by atoms with van der Waals surface area (Å²) in [5.41, 5.74) is 1.33. The maximum Gasteiger partial charge on any atom is 0.377 e. The van der Waals surface area contributed by atoms with Gasteiger partial charge in [-0.25, -0.2) is 9.78 Å². The van der Waals surface area contributed by atoms with Crippen molar-refractivity contribution in [2.24, 2.45) is 0 Å². The molecular formula is C17H17N3O2. The third-order valence-corrected chi connectivity index (χ3v) is 3.62. The molecule has 0 fully saturated rings. The maximum absolute atomic E-state index is 11.3. The van der Waals surface area contributed by atoms with E-state index in [9.17, 15) is 4.79 Å². The summed E-state index contributed by atoms with van der Waals surface area (Å²) in [6.45, 7) is 0.715. The number of aromatic nitrogens is 3. The van der Waals surface area contributed by atoms with Gasteiger partial charge >= 0.3 is 5.97 Å². The third kappa shape index (κ3) is 2.98. The Morgan fingerprint density at radius 2 is 2.00 bits per heavy atom. The first-order chi connectivity index (χ1) is 10.8. The average Bonchev–Trinajstić information content (AvgIpc) is 3.03. The van der Waals surface area contributed by atoms with E-state index in [-0.39, 0.29) is 5.82 Å². The van der Waals surface area contributed by atoms with E-state index in [4.69, 9.17) is 0 Å². The zero-order valence-corrected chi connectivity index (χ0v) is 12.4. The molecule has 0 aliphatic carbocycles. The minimum Gasteiger partial charge on any atom is -0.463 e. The molecule has 0 bridgehead atoms. The quantitative estimate of drug-likeness (QED) is 0.679. The zero-order chi connectivity index (χ0) is 15.4. The van der Waals surface area contributed by atoms with Gasteiger partial charge in [-0.05, 0) is 29.2 Å². The Labute approximate surface area is 128 Å². The standard InChI is InChI=1S/C17H17N3O2/c1-22-17(21)16-18-12-20(19-16)11-5-9-14-8-4-7-13-6-2-3-10-15(13)14/h2-4,6-8,10,12H,5,9,11H2,1H3. The van der Waals surface area contributed by atoms with Gasteiger partial charge in [0.05, 0.1) is 7.11 Å². The molecule has 0 saturated carbocycles. The van der Waals surface area contributed by atoms with Gasteiger partial charge in [0.25, 0.3) is 5.82 Å². The van der Waals surface area contributed by atoms with Crippen LogP contribution in [0.5, 0.6) is 0 Å². The Balaban J connectivity index is 1.65. The van der Waals surface area contributed by atoms with Crippen molar-refractivity contribution in [1.29, 1.82) is 0 Å². The van der Waals surface area contributed by atoms with Crippen molar-refractivity contribution in [3.05, 3.63) is 60.2 Å². The van der Waals surface area contributed by atoms with Gasteiger partial charge in [0.2, 0.25) is 0 Å². The van der Waals surface area contributed by atoms with Crippen LogP contribution in [0.4, 0.5) is 0 Å². The number of esters is 1. The highest BCUT2D eigenvalue weighted by Gasteiger charge is 2.10. The molecule has 5 heteroatoms. The molecule has 1 heterocycles. The Morgan fingerprint density at radius 3 is 2.86 bits per heavy atom. The minimum atomic E-state index is -0.507. The van der Waals surface area contributed by atoms with Crippen LogP contribution in [0, 0.1) is 0 Å². The fourth-order valence-electron chi connectivity index (χ4n) is 2.53. The van der Waals surface area contributed by atoms with Crippen LogP contribution in [0.1, 0.15) is 22.6 Å². The number of carbonyl (C=O) groups excluding carboxylic acids is 1. The lowest BCUT2D eigenvalue weighted by atomic mass is 10.0. The number of carbonyl (C=O) groups is 1. The van der Waals surface area contributed by atoms with E-state index in [1.807, 2.05) is 0 Å². The first-order valence-electron chi connectivity index (χ1n) is 7.22. The number of hydrogen-bond donors (Lipinski definition) is 0. The number of nitrogens with zero attached hydrogens (tertiary/aromatic N) is 3. The molecule has 0 spiro atoms. The molecule has 0 saturated heterocycles. The van der Waals surface area contributed by atoms with Gasteiger partial charge in [-0.1, -0.05) is 42.5 Å². The van der Waals surface area contributed by atoms with E-state index < -0.39 is 5.97 Å². The second-order valence-corrected chi connectivity index (χ2v) is 5.06. The van der Waals surface area contributed by atoms with Gasteiger partial charge < -0.3 is 4.74 Å². The highest BCUT2D eigenvalue weighted by molar-refractivity contribution is 5.85. The van der Waals surface area contributed by atoms with E-state index in [2.05, 4.69) is 57.3 Å². The lowest BCUT2D eigenvalue weighted by molar-refractivity contribution is 0.0586. The first kappa shape index (κ1) is 14.3. The number of fused-ring (bicyclic) bond motifs is 1. The Hall–Kier alpha value is -2.69. The molecule has 0 aliphatic rings. The lowest BCUT2D eigenvalue weighted by Crippen LogP contribution is -2.06. The summed E-state index contributed by atoms with van der Waals surface area (Å²) in [5, 5.41) is 6.65. The van der Waals surface area contributed by atoms with Crippen molar-refractivity contribution >= 4 is 16.7 Å². The maximum atomic E-state index is 11.3. The first-order valence-corrected chi connectivity index (χ1v) is 7.22. The van der Waals surface area contributed by atoms with E-state index in [1.165, 1.54) is 23.4 Å². The number of methoxy groups -OCH3 is 1. The highest BCUT2D eigenvalue weighted by Crippen LogP contribution is 2.19. The number of ether oxygens (including phenoxy) is 1. The average molecular weight is 295 g/mol. The van der Waals surface area contributed by atoms with Gasteiger partial charge in [-0.3, -0.25) is 4.68 Å². The molecule has 0 unspecified atom stereocenters. The summed E-state index contributed by atoms with van der Waals surface area (Å²) in [4.78, 5) is 15.2. The van der Waals surface area contributed by atoms with Crippen LogP contribution >= 0.6 is 0 Å². The smallest absolute Gasteiger partial charge is 0.377 e. The Bertz CT molecular complexity index is 790. The van der Waals surface area contributed by atoms with Crippen LogP contribution in [0.3, 0.4) is 0 Å². The summed E-state index contributed by atoms with van der Waals surface area (Å²) in [6.07, 6.45) is 3.45. The monoisotopic (exact) mass is 295 g/mol. The summed E-state index contributed by atoms with van der Waals surface area (Å²) in [5.74, 6) is -0.402. The number of aryl methyl sites for hydroxylation is 2. The summed E-state index contributed by atoms with van der Waals surface area (Å²) < 4.78 is 6.27. The predicted octanol–water partition coefficient (Wildman–Crippen LogP) is 2.85. The number of rotatable bonds is 5. The van der Waals surface area contributed by atoms with Gasteiger partial charge in [0, 0.05) is 6.54 Å². The van der Waals surface area contributed by atoms with E-state index in [0.29, 0.717) is 6.54 Å². The summed E-state index contributed by atoms with van der Waals surface area (Å²) in [7, 11) is 1.32. The van der Waals surface area contributed by atoms with Crippen molar-refractivity contribution < 1.29 is 9.53 Å². The van der Waals surface area contributed by atoms with Gasteiger partial charge in [0.15, 0.2) is 0 Å². The van der Waals surface area contributed by atoms with E-state index >= 15 is 0 Å². The zero-order valence-electron chi connectivity index (χ0n) is 12.4. The molecule has 5 nitrogen and oxygen atoms in total. The Kier molecular flexibility index (Phi) is 4.14. The lowest BCUT2D eigenvalue weighted by Gasteiger charge is -2.06. The van der Waals surface area contributed by atoms with Crippen LogP contribution < -0.4 is 0 Å². The molecule has 0 aliphatic heterocycles. The molecule has 112 valence electrons. The molecular weight excluding hydrogens is 278 g/mol. The second kappa shape index (κ2) is 6.39. The van der Waals surface area contributed by atoms with Crippen molar-refractivity contribution in [3.8, 4) is 0 Å². The Morgan fingerprint density at radius 1 is 1.18 bits per heavy atom. The van der Waals surface area contributed by atoms with E-state index in [1.54, 1.807) is 11.0 Å². The number of benzene rings is 2. The fraction of sp³-hybridized carbons (Fsp3) is 0.235. The predicted molar refractivity (Wildman–Crippen MR) is 83.6 cm³/mol. The summed E-state index contributed by atoms with van der Waals surface area (Å²) in [6, 6.07) is 14.8. The molecule has 0 N–H and O–H groups in total. The van der Waals surface area contributed by atoms with Crippen molar-refractivity contribution in [2.75, 3.05) is 7.11 Å². The van der Waals surface area contributed by atoms with Gasteiger partial charge in [-0.2, -0.15) is 0 Å². The van der Waals surface area contributed by atoms with Crippen LogP contribution in [0.25, 0.3) is 10.8 Å². The third-order valence-electron chi connectivity index (χ3n) is 3.62. The topological polar surface area (TPSA) is 57.0 Å². The van der Waals surface area contributed by atoms with Gasteiger partial charge in [-0.15, -0.1) is 5.10 Å². The number of hydrogen-bond acceptors (Lipinski definition) is 4. The molecule has 3 aromatic rings. The molecule has 2 aromatic carbocycles. The fourth-order valence-corrected chi connectivity index (χ4v) is 2.53. The molecule has 22 heavy (non-hydrogen) atoms. The largest absolute Gasteiger partial charge is 0.463 e. The normalized spacial score (nSPS) is 10.8. The van der Waals surface area contributed by atoms with Crippen LogP contribution in [-0.4, -0.2) is 27.8 Å². The van der Waals surface area contributed by atoms with Crippen LogP contribution in [0.15, 0.2) is 48.8 Å². The van der Waals surface area contributed by atoms with Crippen LogP contribution in [0.2, 0.25) is 0 Å². The SMILES string of the molecule is COC(=O)c1ncn(CCCc2cccc3ccccc23)n1. The molecule has 0 radical (unpaired) electrons. The minimum absolute atomic E-state index is 0.104. The summed E-state index contributed by atoms with van der Waals surface area (Å²) >= 11 is 0. The van der Waals surface area contributed by atoms with Crippen molar-refractivity contribution in [3.63, 3.8) is 0 Å².